The molecule has 0 aliphatic heterocycles. The third-order valence-electron chi connectivity index (χ3n) is 10.3. The van der Waals surface area contributed by atoms with E-state index in [0.29, 0.717) is 12.8 Å². The quantitative estimate of drug-likeness (QED) is 0.0238. The topological polar surface area (TPSA) is 131 Å². The summed E-state index contributed by atoms with van der Waals surface area (Å²) in [6, 6.07) is 0. The minimum atomic E-state index is -4.44. The molecule has 0 aliphatic carbocycles. The van der Waals surface area contributed by atoms with E-state index in [1.54, 1.807) is 0 Å². The van der Waals surface area contributed by atoms with Crippen LogP contribution < -0.4 is 5.32 Å². The number of hydrogen-bond donors (Lipinski definition) is 3. The van der Waals surface area contributed by atoms with Gasteiger partial charge in [0.2, 0.25) is 5.91 Å². The number of esters is 1. The van der Waals surface area contributed by atoms with E-state index in [4.69, 9.17) is 13.8 Å². The van der Waals surface area contributed by atoms with E-state index in [-0.39, 0.29) is 32.1 Å². The van der Waals surface area contributed by atoms with Gasteiger partial charge >= 0.3 is 13.8 Å². The number of nitrogens with one attached hydrogen (secondary N) is 1. The molecule has 0 aromatic rings. The molecule has 0 heterocycles. The zero-order chi connectivity index (χ0) is 46.0. The Morgan fingerprint density at radius 3 is 1.38 bits per heavy atom. The summed E-state index contributed by atoms with van der Waals surface area (Å²) in [5.41, 5.74) is 0. The number of phosphoric acid groups is 1. The van der Waals surface area contributed by atoms with Crippen LogP contribution in [0.4, 0.5) is 0 Å². The molecule has 0 rings (SSSR count). The molecule has 63 heavy (non-hydrogen) atoms. The number of carbonyl (C=O) groups is 2. The summed E-state index contributed by atoms with van der Waals surface area (Å²) in [4.78, 5) is 34.1. The third-order valence-corrected chi connectivity index (χ3v) is 11.3. The summed E-state index contributed by atoms with van der Waals surface area (Å²) < 4.78 is 26.9. The van der Waals surface area contributed by atoms with Crippen molar-refractivity contribution in [1.82, 2.24) is 5.32 Å². The highest BCUT2D eigenvalue weighted by molar-refractivity contribution is 7.47. The number of carbonyl (C=O) groups excluding carboxylic acids is 2. The fraction of sp³-hybridized carbons (Fsp3) is 0.698. The van der Waals surface area contributed by atoms with Crippen molar-refractivity contribution in [3.05, 3.63) is 85.1 Å². The Kier molecular flexibility index (Phi) is 46.5. The Morgan fingerprint density at radius 1 is 0.508 bits per heavy atom. The molecular weight excluding hydrogens is 810 g/mol. The van der Waals surface area contributed by atoms with Gasteiger partial charge in [0.15, 0.2) is 0 Å². The standard InChI is InChI=1S/C53H92NO8P/c1-3-5-7-9-11-13-15-17-19-21-23-24-25-26-28-29-31-33-35-37-39-41-43-45-52(56)54-47-48-61-63(58,59)62-50-51(55)49-60-53(57)46-44-42-40-38-36-34-32-30-27-22-20-18-16-14-12-10-8-6-4-2/h6,8,11-14,17-20,27,30,34,36,51,55H,3-5,7,9-10,15-16,21-26,28-29,31-33,35,37-50H2,1-2H3,(H,54,56)(H,58,59)/b8-6-,13-11-,14-12-,19-17-,20-18-,30-27-,36-34-. The van der Waals surface area contributed by atoms with Crippen molar-refractivity contribution in [2.45, 2.75) is 213 Å². The van der Waals surface area contributed by atoms with Crippen molar-refractivity contribution in [2.75, 3.05) is 26.4 Å². The molecule has 0 saturated carbocycles. The zero-order valence-corrected chi connectivity index (χ0v) is 40.9. The van der Waals surface area contributed by atoms with Crippen molar-refractivity contribution in [3.63, 3.8) is 0 Å². The Morgan fingerprint density at radius 2 is 0.905 bits per heavy atom. The Balaban J connectivity index is 3.61. The highest BCUT2D eigenvalue weighted by atomic mass is 31.2. The number of ether oxygens (including phenoxy) is 1. The van der Waals surface area contributed by atoms with Gasteiger partial charge in [-0.2, -0.15) is 0 Å². The summed E-state index contributed by atoms with van der Waals surface area (Å²) in [6.07, 6.45) is 62.3. The van der Waals surface area contributed by atoms with E-state index in [0.717, 1.165) is 77.0 Å². The van der Waals surface area contributed by atoms with Gasteiger partial charge in [0, 0.05) is 19.4 Å². The number of allylic oxidation sites excluding steroid dienone is 14. The van der Waals surface area contributed by atoms with Gasteiger partial charge in [-0.25, -0.2) is 4.57 Å². The van der Waals surface area contributed by atoms with Gasteiger partial charge in [0.05, 0.1) is 13.2 Å². The lowest BCUT2D eigenvalue weighted by Gasteiger charge is -2.15. The summed E-state index contributed by atoms with van der Waals surface area (Å²) >= 11 is 0. The van der Waals surface area contributed by atoms with Crippen LogP contribution in [0.3, 0.4) is 0 Å². The van der Waals surface area contributed by atoms with Crippen LogP contribution in [0, 0.1) is 0 Å². The van der Waals surface area contributed by atoms with Crippen molar-refractivity contribution >= 4 is 19.7 Å². The van der Waals surface area contributed by atoms with E-state index < -0.39 is 26.5 Å². The number of aliphatic hydroxyl groups is 1. The molecular formula is C53H92NO8P. The van der Waals surface area contributed by atoms with Crippen molar-refractivity contribution < 1.29 is 37.9 Å². The molecule has 0 aromatic carbocycles. The maximum absolute atomic E-state index is 12.1. The molecule has 0 aromatic heterocycles. The average Bonchev–Trinajstić information content (AvgIpc) is 3.27. The molecule has 2 unspecified atom stereocenters. The van der Waals surface area contributed by atoms with E-state index in [9.17, 15) is 24.2 Å². The Hall–Kier alpha value is -2.81. The van der Waals surface area contributed by atoms with Crippen LogP contribution >= 0.6 is 7.82 Å². The lowest BCUT2D eigenvalue weighted by Crippen LogP contribution is -2.27. The molecule has 0 aliphatic rings. The number of hydrogen-bond acceptors (Lipinski definition) is 7. The van der Waals surface area contributed by atoms with Crippen LogP contribution in [0.5, 0.6) is 0 Å². The summed E-state index contributed by atoms with van der Waals surface area (Å²) in [5.74, 6) is -0.552. The second-order valence-electron chi connectivity index (χ2n) is 16.4. The van der Waals surface area contributed by atoms with Crippen LogP contribution in [0.25, 0.3) is 0 Å². The predicted molar refractivity (Wildman–Crippen MR) is 266 cm³/mol. The first-order valence-corrected chi connectivity index (χ1v) is 26.6. The zero-order valence-electron chi connectivity index (χ0n) is 40.0. The van der Waals surface area contributed by atoms with E-state index in [2.05, 4.69) is 104 Å². The maximum atomic E-state index is 12.1. The largest absolute Gasteiger partial charge is 0.472 e. The number of amides is 1. The molecule has 0 spiro atoms. The van der Waals surface area contributed by atoms with Crippen LogP contribution in [-0.2, 0) is 27.9 Å². The van der Waals surface area contributed by atoms with Gasteiger partial charge < -0.3 is 20.1 Å². The molecule has 2 atom stereocenters. The van der Waals surface area contributed by atoms with E-state index in [1.165, 1.54) is 96.3 Å². The van der Waals surface area contributed by atoms with Gasteiger partial charge in [-0.1, -0.05) is 189 Å². The average molecular weight is 902 g/mol. The number of phosphoric ester groups is 1. The minimum absolute atomic E-state index is 0.0733. The molecule has 0 radical (unpaired) electrons. The summed E-state index contributed by atoms with van der Waals surface area (Å²) in [7, 11) is -4.44. The van der Waals surface area contributed by atoms with Crippen LogP contribution in [0.1, 0.15) is 206 Å². The molecule has 3 N–H and O–H groups in total. The number of aliphatic hydroxyl groups excluding tert-OH is 1. The second-order valence-corrected chi connectivity index (χ2v) is 17.9. The van der Waals surface area contributed by atoms with Crippen molar-refractivity contribution in [3.8, 4) is 0 Å². The van der Waals surface area contributed by atoms with Gasteiger partial charge in [-0.15, -0.1) is 0 Å². The highest BCUT2D eigenvalue weighted by Gasteiger charge is 2.23. The lowest BCUT2D eigenvalue weighted by atomic mass is 10.0. The van der Waals surface area contributed by atoms with Gasteiger partial charge in [0.1, 0.15) is 12.7 Å². The maximum Gasteiger partial charge on any atom is 0.472 e. The monoisotopic (exact) mass is 902 g/mol. The summed E-state index contributed by atoms with van der Waals surface area (Å²) in [5, 5.41) is 12.7. The predicted octanol–water partition coefficient (Wildman–Crippen LogP) is 14.8. The molecule has 10 heteroatoms. The first-order chi connectivity index (χ1) is 30.8. The first-order valence-electron chi connectivity index (χ1n) is 25.1. The second kappa shape index (κ2) is 48.6. The molecule has 0 saturated heterocycles. The van der Waals surface area contributed by atoms with Crippen LogP contribution in [0.15, 0.2) is 85.1 Å². The SMILES string of the molecule is CC/C=C\C/C=C\C/C=C\C/C=C\C/C=C\CCCCCC(=O)OCC(O)COP(=O)(O)OCCNC(=O)CCCCCCCCCCCCCCC/C=C\C/C=C\CCCCC. The molecule has 0 bridgehead atoms. The number of rotatable bonds is 46. The Labute approximate surface area is 385 Å². The molecule has 1 amide bonds. The minimum Gasteiger partial charge on any atom is -0.463 e. The van der Waals surface area contributed by atoms with Crippen molar-refractivity contribution in [2.24, 2.45) is 0 Å². The van der Waals surface area contributed by atoms with Gasteiger partial charge in [-0.3, -0.25) is 18.6 Å². The van der Waals surface area contributed by atoms with Gasteiger partial charge in [0.25, 0.3) is 0 Å². The normalized spacial score (nSPS) is 13.9. The highest BCUT2D eigenvalue weighted by Crippen LogP contribution is 2.42. The van der Waals surface area contributed by atoms with Crippen LogP contribution in [-0.4, -0.2) is 54.3 Å². The molecule has 362 valence electrons. The molecule has 9 nitrogen and oxygen atoms in total. The van der Waals surface area contributed by atoms with Crippen LogP contribution in [0.2, 0.25) is 0 Å². The first kappa shape index (κ1) is 60.2. The molecule has 0 fully saturated rings. The van der Waals surface area contributed by atoms with E-state index in [1.807, 2.05) is 0 Å². The van der Waals surface area contributed by atoms with E-state index >= 15 is 0 Å². The lowest BCUT2D eigenvalue weighted by molar-refractivity contribution is -0.147. The fourth-order valence-electron chi connectivity index (χ4n) is 6.55. The summed E-state index contributed by atoms with van der Waals surface area (Å²) in [6.45, 7) is 3.38. The van der Waals surface area contributed by atoms with Crippen molar-refractivity contribution in [1.29, 1.82) is 0 Å². The fourth-order valence-corrected chi connectivity index (χ4v) is 7.31. The Bertz CT molecular complexity index is 1300. The van der Waals surface area contributed by atoms with Gasteiger partial charge in [-0.05, 0) is 89.9 Å². The number of unbranched alkanes of at least 4 members (excludes halogenated alkanes) is 19. The smallest absolute Gasteiger partial charge is 0.463 e. The third kappa shape index (κ3) is 50.1.